The van der Waals surface area contributed by atoms with E-state index in [0.29, 0.717) is 0 Å². The zero-order valence-electron chi connectivity index (χ0n) is 16.0. The smallest absolute Gasteiger partial charge is 0.434 e. The van der Waals surface area contributed by atoms with E-state index in [9.17, 15) is 4.79 Å². The third-order valence-corrected chi connectivity index (χ3v) is 6.90. The Kier molecular flexibility index (Phi) is 14.2. The van der Waals surface area contributed by atoms with Crippen LogP contribution in [0.15, 0.2) is 12.7 Å². The number of esters is 1. The summed E-state index contributed by atoms with van der Waals surface area (Å²) in [5.41, 5.74) is 0. The minimum absolute atomic E-state index is 0.513. The predicted molar refractivity (Wildman–Crippen MR) is 98.6 cm³/mol. The van der Waals surface area contributed by atoms with Gasteiger partial charge in [0.05, 0.1) is 0 Å². The quantitative estimate of drug-likeness (QED) is 0.130. The molecule has 0 aliphatic heterocycles. The molecule has 0 heterocycles. The third-order valence-electron chi connectivity index (χ3n) is 4.00. The van der Waals surface area contributed by atoms with Crippen molar-refractivity contribution in [1.29, 1.82) is 0 Å². The lowest BCUT2D eigenvalue weighted by Crippen LogP contribution is -2.47. The van der Waals surface area contributed by atoms with Crippen LogP contribution in [0.5, 0.6) is 0 Å². The minimum atomic E-state index is -2.78. The van der Waals surface area contributed by atoms with Gasteiger partial charge in [0, 0.05) is 26.3 Å². The van der Waals surface area contributed by atoms with Gasteiger partial charge in [0.2, 0.25) is 0 Å². The number of unbranched alkanes of at least 4 members (excludes halogenated alkanes) is 8. The van der Waals surface area contributed by atoms with Gasteiger partial charge in [0.1, 0.15) is 0 Å². The molecule has 142 valence electrons. The van der Waals surface area contributed by atoms with Crippen LogP contribution in [0.4, 0.5) is 0 Å². The second-order valence-electron chi connectivity index (χ2n) is 6.00. The van der Waals surface area contributed by atoms with Gasteiger partial charge in [-0.25, -0.2) is 4.79 Å². The molecule has 0 bridgehead atoms. The van der Waals surface area contributed by atoms with Gasteiger partial charge in [-0.2, -0.15) is 0 Å². The van der Waals surface area contributed by atoms with Gasteiger partial charge in [-0.1, -0.05) is 64.9 Å². The lowest BCUT2D eigenvalue weighted by molar-refractivity contribution is -0.160. The largest absolute Gasteiger partial charge is 0.503 e. The van der Waals surface area contributed by atoms with Crippen molar-refractivity contribution in [3.63, 3.8) is 0 Å². The first-order chi connectivity index (χ1) is 11.5. The Hall–Kier alpha value is -0.693. The number of rotatable bonds is 16. The van der Waals surface area contributed by atoms with E-state index in [1.807, 2.05) is 0 Å². The fourth-order valence-corrected chi connectivity index (χ4v) is 4.71. The maximum atomic E-state index is 11.2. The molecule has 1 unspecified atom stereocenters. The zero-order valence-corrected chi connectivity index (χ0v) is 17.0. The number of carbonyl (C=O) groups excluding carboxylic acids is 1. The van der Waals surface area contributed by atoms with Crippen LogP contribution in [0.3, 0.4) is 0 Å². The van der Waals surface area contributed by atoms with Crippen LogP contribution in [0, 0.1) is 0 Å². The highest BCUT2D eigenvalue weighted by atomic mass is 28.4. The van der Waals surface area contributed by atoms with E-state index in [1.165, 1.54) is 44.9 Å². The first-order valence-corrected chi connectivity index (χ1v) is 11.1. The molecule has 0 aromatic carbocycles. The van der Waals surface area contributed by atoms with Gasteiger partial charge >= 0.3 is 14.8 Å². The van der Waals surface area contributed by atoms with E-state index in [-0.39, 0.29) is 0 Å². The first-order valence-electron chi connectivity index (χ1n) is 9.14. The molecule has 24 heavy (non-hydrogen) atoms. The molecular weight excluding hydrogens is 324 g/mol. The summed E-state index contributed by atoms with van der Waals surface area (Å²) >= 11 is 0. The maximum Gasteiger partial charge on any atom is 0.503 e. The molecule has 0 amide bonds. The molecule has 0 aliphatic rings. The molecule has 0 aromatic heterocycles. The standard InChI is InChI=1S/C18H36O5Si/c1-6-8-9-10-11-12-13-14-15-16-24(20-4,21-5)23-17(3)22-18(19)7-2/h7,17H,2,6,8-16H2,1,3-5H3. The lowest BCUT2D eigenvalue weighted by atomic mass is 10.1. The van der Waals surface area contributed by atoms with Gasteiger partial charge in [-0.05, 0) is 13.3 Å². The minimum Gasteiger partial charge on any atom is -0.434 e. The van der Waals surface area contributed by atoms with E-state index in [0.717, 1.165) is 25.0 Å². The van der Waals surface area contributed by atoms with Crippen molar-refractivity contribution >= 4 is 14.8 Å². The summed E-state index contributed by atoms with van der Waals surface area (Å²) in [5, 5.41) is 0. The molecular formula is C18H36O5Si. The Bertz CT molecular complexity index is 331. The number of hydrogen-bond donors (Lipinski definition) is 0. The van der Waals surface area contributed by atoms with Crippen LogP contribution in [0.1, 0.15) is 71.6 Å². The monoisotopic (exact) mass is 360 g/mol. The van der Waals surface area contributed by atoms with Gasteiger partial charge in [-0.15, -0.1) is 0 Å². The summed E-state index contributed by atoms with van der Waals surface area (Å²) in [5.74, 6) is -0.513. The van der Waals surface area contributed by atoms with Crippen LogP contribution >= 0.6 is 0 Å². The van der Waals surface area contributed by atoms with E-state index in [1.54, 1.807) is 21.1 Å². The highest BCUT2D eigenvalue weighted by Crippen LogP contribution is 2.21. The topological polar surface area (TPSA) is 54.0 Å². The Morgan fingerprint density at radius 3 is 1.96 bits per heavy atom. The van der Waals surface area contributed by atoms with Crippen molar-refractivity contribution in [3.05, 3.63) is 12.7 Å². The Balaban J connectivity index is 4.01. The molecule has 0 saturated carbocycles. The van der Waals surface area contributed by atoms with E-state index < -0.39 is 21.1 Å². The Morgan fingerprint density at radius 2 is 1.50 bits per heavy atom. The number of ether oxygens (including phenoxy) is 1. The van der Waals surface area contributed by atoms with Crippen LogP contribution in [-0.2, 0) is 22.8 Å². The predicted octanol–water partition coefficient (Wildman–Crippen LogP) is 4.84. The van der Waals surface area contributed by atoms with E-state index in [4.69, 9.17) is 18.0 Å². The summed E-state index contributed by atoms with van der Waals surface area (Å²) in [7, 11) is 0.394. The van der Waals surface area contributed by atoms with Crippen LogP contribution < -0.4 is 0 Å². The van der Waals surface area contributed by atoms with Crippen molar-refractivity contribution in [2.24, 2.45) is 0 Å². The zero-order chi connectivity index (χ0) is 18.3. The molecule has 0 rings (SSSR count). The van der Waals surface area contributed by atoms with Gasteiger partial charge in [0.15, 0.2) is 6.29 Å². The van der Waals surface area contributed by atoms with Crippen molar-refractivity contribution in [1.82, 2.24) is 0 Å². The van der Waals surface area contributed by atoms with Gasteiger partial charge < -0.3 is 18.0 Å². The summed E-state index contributed by atoms with van der Waals surface area (Å²) in [4.78, 5) is 11.2. The van der Waals surface area contributed by atoms with Crippen LogP contribution in [-0.4, -0.2) is 35.3 Å². The lowest BCUT2D eigenvalue weighted by Gasteiger charge is -2.29. The summed E-state index contributed by atoms with van der Waals surface area (Å²) in [6.07, 6.45) is 11.7. The normalized spacial score (nSPS) is 12.8. The molecule has 1 atom stereocenters. The average Bonchev–Trinajstić information content (AvgIpc) is 2.59. The summed E-state index contributed by atoms with van der Waals surface area (Å²) in [6.45, 7) is 7.27. The molecule has 0 N–H and O–H groups in total. The van der Waals surface area contributed by atoms with Gasteiger partial charge in [-0.3, -0.25) is 0 Å². The Morgan fingerprint density at radius 1 is 1.00 bits per heavy atom. The summed E-state index contributed by atoms with van der Waals surface area (Å²) in [6, 6.07) is 0.728. The second kappa shape index (κ2) is 14.6. The highest BCUT2D eigenvalue weighted by Gasteiger charge is 2.40. The maximum absolute atomic E-state index is 11.2. The van der Waals surface area contributed by atoms with Crippen LogP contribution in [0.2, 0.25) is 6.04 Å². The fourth-order valence-electron chi connectivity index (χ4n) is 2.58. The Labute approximate surface area is 149 Å². The van der Waals surface area contributed by atoms with Crippen molar-refractivity contribution < 1.29 is 22.8 Å². The molecule has 6 heteroatoms. The van der Waals surface area contributed by atoms with Gasteiger partial charge in [0.25, 0.3) is 0 Å². The average molecular weight is 361 g/mol. The van der Waals surface area contributed by atoms with E-state index >= 15 is 0 Å². The molecule has 0 spiro atoms. The molecule has 0 radical (unpaired) electrons. The molecule has 0 aromatic rings. The van der Waals surface area contributed by atoms with Crippen LogP contribution in [0.25, 0.3) is 0 Å². The second-order valence-corrected chi connectivity index (χ2v) is 8.91. The molecule has 5 nitrogen and oxygen atoms in total. The molecule has 0 saturated heterocycles. The highest BCUT2D eigenvalue weighted by molar-refractivity contribution is 6.60. The number of hydrogen-bond acceptors (Lipinski definition) is 5. The summed E-state index contributed by atoms with van der Waals surface area (Å²) < 4.78 is 21.9. The first kappa shape index (κ1) is 23.3. The van der Waals surface area contributed by atoms with Crippen molar-refractivity contribution in [3.8, 4) is 0 Å². The molecule has 0 aliphatic carbocycles. The third kappa shape index (κ3) is 11.0. The van der Waals surface area contributed by atoms with Crippen molar-refractivity contribution in [2.75, 3.05) is 14.2 Å². The number of carbonyl (C=O) groups is 1. The fraction of sp³-hybridized carbons (Fsp3) is 0.833. The van der Waals surface area contributed by atoms with E-state index in [2.05, 4.69) is 13.5 Å². The van der Waals surface area contributed by atoms with Crippen molar-refractivity contribution in [2.45, 2.75) is 84.0 Å². The molecule has 0 fully saturated rings. The SMILES string of the molecule is C=CC(=O)OC(C)O[Si](CCCCCCCCCCC)(OC)OC.